The average Bonchev–Trinajstić information content (AvgIpc) is 3.33. The molecule has 0 saturated heterocycles. The van der Waals surface area contributed by atoms with Gasteiger partial charge in [0, 0.05) is 11.5 Å². The highest BCUT2D eigenvalue weighted by Gasteiger charge is 2.22. The van der Waals surface area contributed by atoms with Crippen molar-refractivity contribution in [2.45, 2.75) is 38.0 Å². The summed E-state index contributed by atoms with van der Waals surface area (Å²) in [5, 5.41) is 14.4. The van der Waals surface area contributed by atoms with Crippen LogP contribution in [0.3, 0.4) is 0 Å². The largest absolute Gasteiger partial charge is 0.455 e. The fraction of sp³-hybridized carbons (Fsp3) is 0.231. The predicted molar refractivity (Wildman–Crippen MR) is 124 cm³/mol. The van der Waals surface area contributed by atoms with E-state index in [4.69, 9.17) is 9.40 Å². The van der Waals surface area contributed by atoms with E-state index in [9.17, 15) is 10.1 Å². The smallest absolute Gasteiger partial charge is 0.282 e. The van der Waals surface area contributed by atoms with Crippen molar-refractivity contribution >= 4 is 17.1 Å². The topological polar surface area (TPSA) is 84.2 Å². The van der Waals surface area contributed by atoms with Gasteiger partial charge in [-0.2, -0.15) is 15.0 Å². The van der Waals surface area contributed by atoms with Gasteiger partial charge in [-0.05, 0) is 49.2 Å². The van der Waals surface area contributed by atoms with Crippen molar-refractivity contribution in [3.8, 4) is 17.4 Å². The van der Waals surface area contributed by atoms with Crippen LogP contribution in [0.15, 0.2) is 75.0 Å². The van der Waals surface area contributed by atoms with Gasteiger partial charge in [-0.25, -0.2) is 4.98 Å². The van der Waals surface area contributed by atoms with Crippen LogP contribution in [0.4, 0.5) is 0 Å². The molecule has 0 aliphatic heterocycles. The highest BCUT2D eigenvalue weighted by Crippen LogP contribution is 2.32. The molecule has 5 rings (SSSR count). The van der Waals surface area contributed by atoms with E-state index in [-0.39, 0.29) is 11.5 Å². The number of nitrogens with zero attached hydrogens (tertiary/aromatic N) is 4. The molecule has 32 heavy (non-hydrogen) atoms. The van der Waals surface area contributed by atoms with Gasteiger partial charge >= 0.3 is 0 Å². The first-order chi connectivity index (χ1) is 15.7. The maximum atomic E-state index is 13.3. The van der Waals surface area contributed by atoms with Crippen molar-refractivity contribution in [3.63, 3.8) is 0 Å². The van der Waals surface area contributed by atoms with Crippen LogP contribution < -0.4 is 5.56 Å². The summed E-state index contributed by atoms with van der Waals surface area (Å²) >= 11 is 0. The van der Waals surface area contributed by atoms with Gasteiger partial charge in [0.25, 0.3) is 5.56 Å². The third-order valence-electron chi connectivity index (χ3n) is 5.99. The molecule has 4 aromatic rings. The SMILES string of the molecule is N#Cc1ccccc1-c1ccc(C=Nn2c(C3CCCCC3)nc3ccccc3c2=O)o1. The van der Waals surface area contributed by atoms with E-state index in [1.165, 1.54) is 11.1 Å². The Morgan fingerprint density at radius 1 is 1.03 bits per heavy atom. The van der Waals surface area contributed by atoms with Crippen LogP contribution in [0.5, 0.6) is 0 Å². The molecule has 0 N–H and O–H groups in total. The molecule has 2 aromatic carbocycles. The Bertz CT molecular complexity index is 1400. The molecular formula is C26H22N4O2. The summed E-state index contributed by atoms with van der Waals surface area (Å²) in [5.74, 6) is 2.02. The lowest BCUT2D eigenvalue weighted by atomic mass is 9.88. The Balaban J connectivity index is 1.55. The maximum Gasteiger partial charge on any atom is 0.282 e. The van der Waals surface area contributed by atoms with Crippen molar-refractivity contribution in [3.05, 3.63) is 88.2 Å². The number of furan rings is 1. The number of hydrogen-bond acceptors (Lipinski definition) is 5. The summed E-state index contributed by atoms with van der Waals surface area (Å²) in [7, 11) is 0. The van der Waals surface area contributed by atoms with E-state index in [2.05, 4.69) is 11.2 Å². The fourth-order valence-electron chi connectivity index (χ4n) is 4.35. The Morgan fingerprint density at radius 3 is 2.66 bits per heavy atom. The molecule has 1 aliphatic rings. The second-order valence-corrected chi connectivity index (χ2v) is 8.04. The van der Waals surface area contributed by atoms with Gasteiger partial charge < -0.3 is 4.42 Å². The monoisotopic (exact) mass is 422 g/mol. The Hall–Kier alpha value is -3.98. The number of nitriles is 1. The van der Waals surface area contributed by atoms with Crippen LogP contribution in [0, 0.1) is 11.3 Å². The Morgan fingerprint density at radius 2 is 1.81 bits per heavy atom. The second-order valence-electron chi connectivity index (χ2n) is 8.04. The van der Waals surface area contributed by atoms with Crippen molar-refractivity contribution in [1.29, 1.82) is 5.26 Å². The van der Waals surface area contributed by atoms with Crippen LogP contribution in [0.2, 0.25) is 0 Å². The molecule has 0 radical (unpaired) electrons. The summed E-state index contributed by atoms with van der Waals surface area (Å²) in [6.07, 6.45) is 7.06. The second kappa shape index (κ2) is 8.64. The van der Waals surface area contributed by atoms with Gasteiger partial charge in [-0.15, -0.1) is 0 Å². The number of hydrogen-bond donors (Lipinski definition) is 0. The average molecular weight is 422 g/mol. The summed E-state index contributed by atoms with van der Waals surface area (Å²) in [6, 6.07) is 20.5. The maximum absolute atomic E-state index is 13.3. The minimum atomic E-state index is -0.172. The number of aromatic nitrogens is 2. The quantitative estimate of drug-likeness (QED) is 0.409. The zero-order valence-corrected chi connectivity index (χ0v) is 17.6. The fourth-order valence-corrected chi connectivity index (χ4v) is 4.35. The predicted octanol–water partition coefficient (Wildman–Crippen LogP) is 5.46. The normalized spacial score (nSPS) is 14.7. The molecule has 0 bridgehead atoms. The first kappa shape index (κ1) is 20.0. The molecule has 0 amide bonds. The van der Waals surface area contributed by atoms with Gasteiger partial charge in [0.1, 0.15) is 17.3 Å². The lowest BCUT2D eigenvalue weighted by molar-refractivity contribution is 0.416. The molecule has 6 nitrogen and oxygen atoms in total. The number of fused-ring (bicyclic) bond motifs is 1. The highest BCUT2D eigenvalue weighted by molar-refractivity contribution is 5.79. The first-order valence-electron chi connectivity index (χ1n) is 10.9. The molecule has 158 valence electrons. The molecule has 1 aliphatic carbocycles. The number of benzene rings is 2. The lowest BCUT2D eigenvalue weighted by Gasteiger charge is -2.22. The van der Waals surface area contributed by atoms with E-state index >= 15 is 0 Å². The third kappa shape index (κ3) is 3.74. The van der Waals surface area contributed by atoms with Crippen LogP contribution >= 0.6 is 0 Å². The zero-order valence-electron chi connectivity index (χ0n) is 17.6. The number of para-hydroxylation sites is 1. The Kier molecular flexibility index (Phi) is 5.39. The van der Waals surface area contributed by atoms with Gasteiger partial charge in [0.2, 0.25) is 0 Å². The zero-order chi connectivity index (χ0) is 21.9. The standard InChI is InChI=1S/C26H22N4O2/c27-16-19-10-4-5-11-21(19)24-15-14-20(32-24)17-28-30-25(18-8-2-1-3-9-18)29-23-13-7-6-12-22(23)26(30)31/h4-7,10-15,17-18H,1-3,8-9H2. The number of rotatable bonds is 4. The molecule has 1 fully saturated rings. The van der Waals surface area contributed by atoms with E-state index < -0.39 is 0 Å². The van der Waals surface area contributed by atoms with Gasteiger partial charge in [-0.3, -0.25) is 4.79 Å². The van der Waals surface area contributed by atoms with Crippen LogP contribution in [-0.2, 0) is 0 Å². The third-order valence-corrected chi connectivity index (χ3v) is 5.99. The van der Waals surface area contributed by atoms with Crippen molar-refractivity contribution in [2.24, 2.45) is 5.10 Å². The molecule has 1 saturated carbocycles. The van der Waals surface area contributed by atoms with Crippen molar-refractivity contribution in [1.82, 2.24) is 9.66 Å². The summed E-state index contributed by atoms with van der Waals surface area (Å²) < 4.78 is 7.34. The van der Waals surface area contributed by atoms with E-state index in [1.54, 1.807) is 30.5 Å². The molecule has 0 atom stereocenters. The molecule has 6 heteroatoms. The van der Waals surface area contributed by atoms with E-state index in [1.807, 2.05) is 36.4 Å². The van der Waals surface area contributed by atoms with Crippen molar-refractivity contribution < 1.29 is 4.42 Å². The highest BCUT2D eigenvalue weighted by atomic mass is 16.3. The summed E-state index contributed by atoms with van der Waals surface area (Å²) in [6.45, 7) is 0. The lowest BCUT2D eigenvalue weighted by Crippen LogP contribution is -2.25. The minimum absolute atomic E-state index is 0.172. The van der Waals surface area contributed by atoms with Crippen molar-refractivity contribution in [2.75, 3.05) is 0 Å². The molecule has 2 aromatic heterocycles. The van der Waals surface area contributed by atoms with Gasteiger partial charge in [-0.1, -0.05) is 43.5 Å². The first-order valence-corrected chi connectivity index (χ1v) is 10.9. The summed E-state index contributed by atoms with van der Waals surface area (Å²) in [5.41, 5.74) is 1.80. The molecular weight excluding hydrogens is 400 g/mol. The summed E-state index contributed by atoms with van der Waals surface area (Å²) in [4.78, 5) is 18.1. The Labute approximate surface area is 185 Å². The molecule has 0 unspecified atom stereocenters. The van der Waals surface area contributed by atoms with Crippen LogP contribution in [-0.4, -0.2) is 15.9 Å². The van der Waals surface area contributed by atoms with Crippen LogP contribution in [0.25, 0.3) is 22.2 Å². The molecule has 2 heterocycles. The van der Waals surface area contributed by atoms with Gasteiger partial charge in [0.05, 0.1) is 28.8 Å². The van der Waals surface area contributed by atoms with E-state index in [0.29, 0.717) is 33.8 Å². The van der Waals surface area contributed by atoms with Crippen LogP contribution in [0.1, 0.15) is 55.2 Å². The van der Waals surface area contributed by atoms with Gasteiger partial charge in [0.15, 0.2) is 0 Å². The molecule has 0 spiro atoms. The minimum Gasteiger partial charge on any atom is -0.455 e. The van der Waals surface area contributed by atoms with E-state index in [0.717, 1.165) is 31.2 Å².